The Morgan fingerprint density at radius 2 is 2.12 bits per heavy atom. The van der Waals surface area contributed by atoms with Crippen LogP contribution in [0.3, 0.4) is 0 Å². The van der Waals surface area contributed by atoms with Crippen LogP contribution in [0.2, 0.25) is 10.3 Å². The number of ether oxygens (including phenoxy) is 1. The van der Waals surface area contributed by atoms with Gasteiger partial charge in [-0.2, -0.15) is 5.26 Å². The van der Waals surface area contributed by atoms with Gasteiger partial charge in [-0.15, -0.1) is 0 Å². The summed E-state index contributed by atoms with van der Waals surface area (Å²) in [4.78, 5) is 29.0. The number of nitriles is 1. The van der Waals surface area contributed by atoms with E-state index in [2.05, 4.69) is 25.9 Å². The van der Waals surface area contributed by atoms with Crippen LogP contribution < -0.4 is 4.74 Å². The summed E-state index contributed by atoms with van der Waals surface area (Å²) in [6.07, 6.45) is 5.48. The Morgan fingerprint density at radius 3 is 2.88 bits per heavy atom. The van der Waals surface area contributed by atoms with Gasteiger partial charge in [0.15, 0.2) is 0 Å². The van der Waals surface area contributed by atoms with Crippen LogP contribution in [0.25, 0.3) is 22.2 Å². The van der Waals surface area contributed by atoms with E-state index < -0.39 is 5.82 Å². The van der Waals surface area contributed by atoms with Gasteiger partial charge in [0.1, 0.15) is 23.9 Å². The Balaban J connectivity index is 1.25. The van der Waals surface area contributed by atoms with Gasteiger partial charge in [0.2, 0.25) is 5.28 Å². The molecule has 0 bridgehead atoms. The molecule has 3 aliphatic rings. The van der Waals surface area contributed by atoms with Crippen LogP contribution in [0.1, 0.15) is 18.4 Å². The zero-order chi connectivity index (χ0) is 28.4. The number of imidazole rings is 2. The maximum atomic E-state index is 15.0. The number of rotatable bonds is 2. The monoisotopic (exact) mass is 595 g/mol. The first-order valence-corrected chi connectivity index (χ1v) is 14.0. The fourth-order valence-corrected chi connectivity index (χ4v) is 7.41. The summed E-state index contributed by atoms with van der Waals surface area (Å²) in [5.74, 6) is -0.193. The molecule has 1 amide bonds. The maximum absolute atomic E-state index is 15.0. The van der Waals surface area contributed by atoms with E-state index in [0.29, 0.717) is 48.6 Å². The maximum Gasteiger partial charge on any atom is 0.330 e. The fraction of sp³-hybridized carbons (Fsp3) is 0.357. The Bertz CT molecular complexity index is 1710. The average molecular weight is 596 g/mol. The average Bonchev–Trinajstić information content (AvgIpc) is 3.66. The number of aromatic amines is 1. The van der Waals surface area contributed by atoms with Crippen LogP contribution in [0, 0.1) is 29.0 Å². The molecule has 4 atom stereocenters. The Hall–Kier alpha value is -3.85. The molecule has 13 heteroatoms. The molecule has 7 rings (SSSR count). The van der Waals surface area contributed by atoms with Gasteiger partial charge in [-0.3, -0.25) is 4.90 Å². The van der Waals surface area contributed by atoms with E-state index in [9.17, 15) is 19.6 Å². The number of nitrogens with zero attached hydrogens (tertiary/aromatic N) is 6. The number of phenolic OH excluding ortho intramolecular Hbond substituents is 1. The van der Waals surface area contributed by atoms with Crippen molar-refractivity contribution in [3.63, 3.8) is 0 Å². The van der Waals surface area contributed by atoms with Gasteiger partial charge >= 0.3 is 6.03 Å². The Kier molecular flexibility index (Phi) is 6.30. The third-order valence-corrected chi connectivity index (χ3v) is 9.35. The van der Waals surface area contributed by atoms with Gasteiger partial charge in [0.05, 0.1) is 46.5 Å². The summed E-state index contributed by atoms with van der Waals surface area (Å²) in [5.41, 5.74) is 2.13. The second-order valence-corrected chi connectivity index (χ2v) is 11.5. The lowest BCUT2D eigenvalue weighted by atomic mass is 9.80. The number of halogens is 3. The minimum Gasteiger partial charge on any atom is -0.507 e. The molecule has 3 unspecified atom stereocenters. The van der Waals surface area contributed by atoms with Crippen LogP contribution in [-0.4, -0.2) is 72.2 Å². The number of phenols is 1. The number of carbonyl (C=O) groups is 1. The van der Waals surface area contributed by atoms with E-state index in [-0.39, 0.29) is 58.0 Å². The van der Waals surface area contributed by atoms with E-state index in [1.807, 2.05) is 0 Å². The Morgan fingerprint density at radius 1 is 1.27 bits per heavy atom. The molecular weight excluding hydrogens is 572 g/mol. The molecule has 4 aromatic rings. The van der Waals surface area contributed by atoms with E-state index in [4.69, 9.17) is 27.9 Å². The lowest BCUT2D eigenvalue weighted by Crippen LogP contribution is -2.50. The number of fused-ring (bicyclic) bond motifs is 5. The van der Waals surface area contributed by atoms with Crippen molar-refractivity contribution in [1.29, 1.82) is 5.26 Å². The summed E-state index contributed by atoms with van der Waals surface area (Å²) in [7, 11) is 0. The second-order valence-electron chi connectivity index (χ2n) is 10.7. The van der Waals surface area contributed by atoms with Crippen LogP contribution in [0.4, 0.5) is 9.18 Å². The van der Waals surface area contributed by atoms with Crippen LogP contribution in [-0.2, 0) is 6.54 Å². The number of aromatic nitrogens is 4. The van der Waals surface area contributed by atoms with Crippen LogP contribution in [0.15, 0.2) is 36.9 Å². The standard InChI is InChI=1S/C28H24Cl2FN7O3/c29-23-22(21-18(31)2-1-3-20(21)39)25-24(34-13-35-25)17-11-36-10-16-14(8-15(36)12-41-26(17)23)9-38(19(16)4-5-32)28(40)37-7-6-33-27(37)30/h1-3,6-7,13-16,19,39H,4,8-12H2,(H,34,35)/t14?,15-,16?,19?/m1/s1. The number of benzene rings is 2. The van der Waals surface area contributed by atoms with E-state index in [1.54, 1.807) is 4.90 Å². The molecule has 0 saturated carbocycles. The van der Waals surface area contributed by atoms with Gasteiger partial charge in [-0.25, -0.2) is 23.7 Å². The minimum absolute atomic E-state index is 0.0169. The number of H-pyrrole nitrogens is 1. The number of hydrogen-bond donors (Lipinski definition) is 2. The summed E-state index contributed by atoms with van der Waals surface area (Å²) >= 11 is 13.1. The zero-order valence-electron chi connectivity index (χ0n) is 21.6. The number of nitrogens with one attached hydrogen (secondary N) is 1. The number of carbonyl (C=O) groups excluding carboxylic acids is 1. The van der Waals surface area contributed by atoms with Gasteiger partial charge < -0.3 is 19.7 Å². The highest BCUT2D eigenvalue weighted by atomic mass is 35.5. The molecule has 10 nitrogen and oxygen atoms in total. The van der Waals surface area contributed by atoms with E-state index >= 15 is 0 Å². The summed E-state index contributed by atoms with van der Waals surface area (Å²) in [6, 6.07) is 5.84. The molecule has 2 saturated heterocycles. The molecule has 2 aromatic carbocycles. The molecule has 41 heavy (non-hydrogen) atoms. The molecular formula is C28H24Cl2FN7O3. The normalized spacial score (nSPS) is 23.8. The molecule has 2 fully saturated rings. The Labute approximate surface area is 243 Å². The quantitative estimate of drug-likeness (QED) is 0.332. The fourth-order valence-electron chi connectivity index (χ4n) is 6.87. The minimum atomic E-state index is -0.610. The molecule has 0 radical (unpaired) electrons. The first-order valence-electron chi connectivity index (χ1n) is 13.3. The molecule has 3 aliphatic heterocycles. The number of likely N-dealkylation sites (tertiary alicyclic amines) is 1. The summed E-state index contributed by atoms with van der Waals surface area (Å²) < 4.78 is 22.6. The highest BCUT2D eigenvalue weighted by Crippen LogP contribution is 2.49. The van der Waals surface area contributed by atoms with Crippen molar-refractivity contribution in [3.05, 3.63) is 58.6 Å². The largest absolute Gasteiger partial charge is 0.507 e. The van der Waals surface area contributed by atoms with Gasteiger partial charge in [-0.1, -0.05) is 17.7 Å². The van der Waals surface area contributed by atoms with Gasteiger partial charge in [0, 0.05) is 49.2 Å². The molecule has 5 heterocycles. The third kappa shape index (κ3) is 4.04. The number of amides is 1. The predicted molar refractivity (Wildman–Crippen MR) is 148 cm³/mol. The van der Waals surface area contributed by atoms with Crippen molar-refractivity contribution < 1.29 is 19.0 Å². The highest BCUT2D eigenvalue weighted by Gasteiger charge is 2.50. The van der Waals surface area contributed by atoms with Crippen molar-refractivity contribution >= 4 is 40.3 Å². The number of hydrogen-bond acceptors (Lipinski definition) is 7. The molecule has 0 spiro atoms. The van der Waals surface area contributed by atoms with Crippen molar-refractivity contribution in [2.75, 3.05) is 19.7 Å². The molecule has 2 aromatic heterocycles. The van der Waals surface area contributed by atoms with Crippen molar-refractivity contribution in [3.8, 4) is 28.7 Å². The van der Waals surface area contributed by atoms with Gasteiger partial charge in [0.25, 0.3) is 0 Å². The summed E-state index contributed by atoms with van der Waals surface area (Å²) in [5, 5.41) is 20.5. The topological polar surface area (TPSA) is 123 Å². The van der Waals surface area contributed by atoms with Crippen molar-refractivity contribution in [1.82, 2.24) is 29.3 Å². The number of aromatic hydroxyl groups is 1. The van der Waals surface area contributed by atoms with Crippen molar-refractivity contribution in [2.45, 2.75) is 31.5 Å². The van der Waals surface area contributed by atoms with Crippen LogP contribution in [0.5, 0.6) is 11.5 Å². The van der Waals surface area contributed by atoms with Crippen molar-refractivity contribution in [2.24, 2.45) is 11.8 Å². The number of piperidine rings is 1. The SMILES string of the molecule is N#CCC1C2CN3Cc4c(c(Cl)c(-c5c(O)cccc5F)c5[nH]cnc45)OC[C@H]3CC2CN1C(=O)n1ccnc1Cl. The summed E-state index contributed by atoms with van der Waals surface area (Å²) in [6.45, 7) is 1.95. The first kappa shape index (κ1) is 26.1. The molecule has 210 valence electrons. The van der Waals surface area contributed by atoms with Crippen LogP contribution >= 0.6 is 23.2 Å². The zero-order valence-corrected chi connectivity index (χ0v) is 23.1. The van der Waals surface area contributed by atoms with Gasteiger partial charge in [-0.05, 0) is 42.0 Å². The lowest BCUT2D eigenvalue weighted by Gasteiger charge is -2.41. The molecule has 2 N–H and O–H groups in total. The van der Waals surface area contributed by atoms with E-state index in [0.717, 1.165) is 12.0 Å². The highest BCUT2D eigenvalue weighted by molar-refractivity contribution is 6.37. The second kappa shape index (κ2) is 9.91. The predicted octanol–water partition coefficient (Wildman–Crippen LogP) is 5.04. The molecule has 0 aliphatic carbocycles. The third-order valence-electron chi connectivity index (χ3n) is 8.71. The first-order chi connectivity index (χ1) is 19.9. The van der Waals surface area contributed by atoms with E-state index in [1.165, 1.54) is 41.5 Å². The smallest absolute Gasteiger partial charge is 0.330 e. The lowest BCUT2D eigenvalue weighted by molar-refractivity contribution is 0.0486.